The monoisotopic (exact) mass is 270 g/mol. The molecule has 0 bridgehead atoms. The molecule has 0 aliphatic rings. The van der Waals surface area contributed by atoms with Crippen LogP contribution < -0.4 is 5.32 Å². The lowest BCUT2D eigenvalue weighted by atomic mass is 10.1. The van der Waals surface area contributed by atoms with Crippen molar-refractivity contribution in [3.05, 3.63) is 59.2 Å². The Morgan fingerprint density at radius 2 is 1.70 bits per heavy atom. The van der Waals surface area contributed by atoms with E-state index in [-0.39, 0.29) is 0 Å². The minimum atomic E-state index is 0.380. The number of phenols is 1. The van der Waals surface area contributed by atoms with Gasteiger partial charge in [-0.25, -0.2) is 0 Å². The normalized spacial score (nSPS) is 10.8. The third-order valence-electron chi connectivity index (χ3n) is 3.29. The van der Waals surface area contributed by atoms with E-state index < -0.39 is 0 Å². The molecule has 0 atom stereocenters. The third-order valence-corrected chi connectivity index (χ3v) is 3.29. The summed E-state index contributed by atoms with van der Waals surface area (Å²) in [5.41, 5.74) is 4.20. The standard InChI is InChI=1S/C17H22N2O/c1-13-7-6-9-14(17(13)20)11-18-16-10-5-4-8-15(16)12-19(2)3/h4-10,18,20H,11-12H2,1-3H3. The highest BCUT2D eigenvalue weighted by molar-refractivity contribution is 5.52. The number of hydrogen-bond acceptors (Lipinski definition) is 3. The fourth-order valence-corrected chi connectivity index (χ4v) is 2.22. The van der Waals surface area contributed by atoms with E-state index in [1.165, 1.54) is 5.56 Å². The van der Waals surface area contributed by atoms with Crippen molar-refractivity contribution in [1.29, 1.82) is 0 Å². The van der Waals surface area contributed by atoms with Gasteiger partial charge in [0.1, 0.15) is 5.75 Å². The summed E-state index contributed by atoms with van der Waals surface area (Å²) >= 11 is 0. The number of aryl methyl sites for hydroxylation is 1. The number of anilines is 1. The Morgan fingerprint density at radius 1 is 1.00 bits per heavy atom. The average Bonchev–Trinajstić information content (AvgIpc) is 2.41. The van der Waals surface area contributed by atoms with Crippen LogP contribution in [0.2, 0.25) is 0 Å². The van der Waals surface area contributed by atoms with Gasteiger partial charge >= 0.3 is 0 Å². The van der Waals surface area contributed by atoms with Crippen LogP contribution in [0.3, 0.4) is 0 Å². The summed E-state index contributed by atoms with van der Waals surface area (Å²) in [6.07, 6.45) is 0. The average molecular weight is 270 g/mol. The second-order valence-corrected chi connectivity index (χ2v) is 5.33. The van der Waals surface area contributed by atoms with E-state index in [9.17, 15) is 5.11 Å². The minimum absolute atomic E-state index is 0.380. The van der Waals surface area contributed by atoms with E-state index in [0.29, 0.717) is 12.3 Å². The van der Waals surface area contributed by atoms with E-state index in [0.717, 1.165) is 23.4 Å². The molecule has 2 aromatic rings. The summed E-state index contributed by atoms with van der Waals surface area (Å²) in [7, 11) is 4.12. The number of aromatic hydroxyl groups is 1. The summed E-state index contributed by atoms with van der Waals surface area (Å²) in [4.78, 5) is 2.14. The molecule has 2 rings (SSSR count). The van der Waals surface area contributed by atoms with Gasteiger partial charge in [0, 0.05) is 24.3 Å². The third kappa shape index (κ3) is 3.52. The number of benzene rings is 2. The van der Waals surface area contributed by atoms with Crippen LogP contribution in [0.25, 0.3) is 0 Å². The lowest BCUT2D eigenvalue weighted by Crippen LogP contribution is -2.13. The van der Waals surface area contributed by atoms with Crippen LogP contribution in [0.15, 0.2) is 42.5 Å². The first-order chi connectivity index (χ1) is 9.58. The minimum Gasteiger partial charge on any atom is -0.507 e. The zero-order valence-electron chi connectivity index (χ0n) is 12.4. The van der Waals surface area contributed by atoms with E-state index in [2.05, 4.69) is 36.4 Å². The van der Waals surface area contributed by atoms with Crippen LogP contribution in [-0.4, -0.2) is 24.1 Å². The number of nitrogens with one attached hydrogen (secondary N) is 1. The quantitative estimate of drug-likeness (QED) is 0.874. The van der Waals surface area contributed by atoms with Crippen molar-refractivity contribution in [1.82, 2.24) is 4.90 Å². The summed E-state index contributed by atoms with van der Waals surface area (Å²) in [6.45, 7) is 3.43. The van der Waals surface area contributed by atoms with Crippen LogP contribution in [0.4, 0.5) is 5.69 Å². The molecule has 3 nitrogen and oxygen atoms in total. The highest BCUT2D eigenvalue weighted by Gasteiger charge is 2.06. The van der Waals surface area contributed by atoms with Crippen molar-refractivity contribution in [3.8, 4) is 5.75 Å². The fourth-order valence-electron chi connectivity index (χ4n) is 2.22. The fraction of sp³-hybridized carbons (Fsp3) is 0.294. The maximum atomic E-state index is 10.0. The Morgan fingerprint density at radius 3 is 2.45 bits per heavy atom. The Kier molecular flexibility index (Phi) is 4.64. The largest absolute Gasteiger partial charge is 0.507 e. The van der Waals surface area contributed by atoms with Crippen molar-refractivity contribution < 1.29 is 5.11 Å². The second-order valence-electron chi connectivity index (χ2n) is 5.33. The van der Waals surface area contributed by atoms with Gasteiger partial charge in [-0.2, -0.15) is 0 Å². The summed E-state index contributed by atoms with van der Waals surface area (Å²) in [5, 5.41) is 13.5. The van der Waals surface area contributed by atoms with Crippen LogP contribution in [-0.2, 0) is 13.1 Å². The zero-order chi connectivity index (χ0) is 14.5. The van der Waals surface area contributed by atoms with Gasteiger partial charge < -0.3 is 15.3 Å². The summed E-state index contributed by atoms with van der Waals surface area (Å²) in [5.74, 6) is 0.380. The van der Waals surface area contributed by atoms with Gasteiger partial charge in [0.2, 0.25) is 0 Å². The molecule has 0 aromatic heterocycles. The molecule has 0 aliphatic carbocycles. The molecule has 0 radical (unpaired) electrons. The molecule has 0 heterocycles. The van der Waals surface area contributed by atoms with Crippen LogP contribution >= 0.6 is 0 Å². The molecule has 0 unspecified atom stereocenters. The SMILES string of the molecule is Cc1cccc(CNc2ccccc2CN(C)C)c1O. The zero-order valence-corrected chi connectivity index (χ0v) is 12.4. The van der Waals surface area contributed by atoms with Crippen LogP contribution in [0.1, 0.15) is 16.7 Å². The van der Waals surface area contributed by atoms with Gasteiger partial charge in [0.25, 0.3) is 0 Å². The molecule has 106 valence electrons. The van der Waals surface area contributed by atoms with Crippen molar-refractivity contribution in [2.75, 3.05) is 19.4 Å². The first kappa shape index (κ1) is 14.4. The number of para-hydroxylation sites is 2. The number of phenolic OH excluding ortho intramolecular Hbond substituents is 1. The van der Waals surface area contributed by atoms with E-state index in [1.54, 1.807) is 0 Å². The van der Waals surface area contributed by atoms with E-state index in [4.69, 9.17) is 0 Å². The van der Waals surface area contributed by atoms with E-state index in [1.807, 2.05) is 37.3 Å². The Hall–Kier alpha value is -2.00. The van der Waals surface area contributed by atoms with Crippen molar-refractivity contribution in [2.45, 2.75) is 20.0 Å². The highest BCUT2D eigenvalue weighted by atomic mass is 16.3. The van der Waals surface area contributed by atoms with Gasteiger partial charge in [-0.15, -0.1) is 0 Å². The number of hydrogen-bond donors (Lipinski definition) is 2. The number of nitrogens with zero attached hydrogens (tertiary/aromatic N) is 1. The molecule has 0 spiro atoms. The highest BCUT2D eigenvalue weighted by Crippen LogP contribution is 2.23. The Balaban J connectivity index is 2.13. The van der Waals surface area contributed by atoms with E-state index >= 15 is 0 Å². The van der Waals surface area contributed by atoms with Crippen molar-refractivity contribution >= 4 is 5.69 Å². The van der Waals surface area contributed by atoms with Gasteiger partial charge in [-0.3, -0.25) is 0 Å². The van der Waals surface area contributed by atoms with Crippen LogP contribution in [0.5, 0.6) is 5.75 Å². The topological polar surface area (TPSA) is 35.5 Å². The van der Waals surface area contributed by atoms with Crippen LogP contribution in [0, 0.1) is 6.92 Å². The predicted molar refractivity (Wildman–Crippen MR) is 84.0 cm³/mol. The molecule has 0 saturated heterocycles. The van der Waals surface area contributed by atoms with Gasteiger partial charge in [-0.05, 0) is 38.2 Å². The Labute approximate surface area is 120 Å². The smallest absolute Gasteiger partial charge is 0.123 e. The van der Waals surface area contributed by atoms with Gasteiger partial charge in [0.05, 0.1) is 0 Å². The first-order valence-corrected chi connectivity index (χ1v) is 6.82. The lowest BCUT2D eigenvalue weighted by Gasteiger charge is -2.16. The van der Waals surface area contributed by atoms with Gasteiger partial charge in [-0.1, -0.05) is 36.4 Å². The lowest BCUT2D eigenvalue weighted by molar-refractivity contribution is 0.403. The maximum absolute atomic E-state index is 10.0. The van der Waals surface area contributed by atoms with Crippen molar-refractivity contribution in [3.63, 3.8) is 0 Å². The molecule has 3 heteroatoms. The number of rotatable bonds is 5. The second kappa shape index (κ2) is 6.44. The molecular weight excluding hydrogens is 248 g/mol. The Bertz CT molecular complexity index is 579. The first-order valence-electron chi connectivity index (χ1n) is 6.82. The predicted octanol–water partition coefficient (Wildman–Crippen LogP) is 3.37. The molecule has 2 aromatic carbocycles. The summed E-state index contributed by atoms with van der Waals surface area (Å²) < 4.78 is 0. The molecule has 0 fully saturated rings. The molecular formula is C17H22N2O. The van der Waals surface area contributed by atoms with Gasteiger partial charge in [0.15, 0.2) is 0 Å². The van der Waals surface area contributed by atoms with Crippen molar-refractivity contribution in [2.24, 2.45) is 0 Å². The molecule has 0 saturated carbocycles. The molecule has 0 amide bonds. The molecule has 2 N–H and O–H groups in total. The maximum Gasteiger partial charge on any atom is 0.123 e. The summed E-state index contributed by atoms with van der Waals surface area (Å²) in [6, 6.07) is 14.1. The molecule has 20 heavy (non-hydrogen) atoms. The molecule has 0 aliphatic heterocycles.